The minimum absolute atomic E-state index is 0.462. The highest BCUT2D eigenvalue weighted by Gasteiger charge is 2.12. The van der Waals surface area contributed by atoms with Crippen molar-refractivity contribution in [3.63, 3.8) is 0 Å². The summed E-state index contributed by atoms with van der Waals surface area (Å²) in [6.45, 7) is 11.1. The van der Waals surface area contributed by atoms with E-state index < -0.39 is 0 Å². The molecule has 0 spiro atoms. The van der Waals surface area contributed by atoms with Crippen molar-refractivity contribution in [3.8, 4) is 0 Å². The number of hydrogen-bond donors (Lipinski definition) is 0. The Labute approximate surface area is 111 Å². The van der Waals surface area contributed by atoms with E-state index in [1.807, 2.05) is 0 Å². The van der Waals surface area contributed by atoms with Gasteiger partial charge < -0.3 is 0 Å². The Balaban J connectivity index is 2.44. The van der Waals surface area contributed by atoms with Gasteiger partial charge in [0.25, 0.3) is 0 Å². The van der Waals surface area contributed by atoms with Crippen LogP contribution in [0.15, 0.2) is 36.4 Å². The first-order valence-corrected chi connectivity index (χ1v) is 6.64. The normalized spacial score (nSPS) is 12.5. The fourth-order valence-electron chi connectivity index (χ4n) is 2.46. The predicted molar refractivity (Wildman–Crippen MR) is 79.3 cm³/mol. The Morgan fingerprint density at radius 3 is 2.17 bits per heavy atom. The highest BCUT2D eigenvalue weighted by Crippen LogP contribution is 2.29. The highest BCUT2D eigenvalue weighted by molar-refractivity contribution is 5.42. The monoisotopic (exact) mass is 238 g/mol. The number of benzene rings is 2. The molecule has 18 heavy (non-hydrogen) atoms. The van der Waals surface area contributed by atoms with E-state index in [9.17, 15) is 0 Å². The van der Waals surface area contributed by atoms with Crippen LogP contribution < -0.4 is 0 Å². The Morgan fingerprint density at radius 2 is 1.50 bits per heavy atom. The van der Waals surface area contributed by atoms with Crippen LogP contribution in [0.2, 0.25) is 0 Å². The third-order valence-corrected chi connectivity index (χ3v) is 4.14. The molecule has 1 unspecified atom stereocenters. The molecular weight excluding hydrogens is 216 g/mol. The van der Waals surface area contributed by atoms with Crippen LogP contribution in [-0.4, -0.2) is 0 Å². The van der Waals surface area contributed by atoms with E-state index in [-0.39, 0.29) is 0 Å². The molecule has 2 rings (SSSR count). The zero-order valence-electron chi connectivity index (χ0n) is 12.0. The van der Waals surface area contributed by atoms with Crippen LogP contribution in [-0.2, 0) is 0 Å². The first kappa shape index (κ1) is 12.9. The topological polar surface area (TPSA) is 0 Å². The van der Waals surface area contributed by atoms with Gasteiger partial charge in [0, 0.05) is 5.92 Å². The summed E-state index contributed by atoms with van der Waals surface area (Å²) in [4.78, 5) is 0. The second-order valence-corrected chi connectivity index (χ2v) is 5.35. The van der Waals surface area contributed by atoms with Gasteiger partial charge in [0.05, 0.1) is 0 Å². The molecule has 0 heterocycles. The molecule has 0 N–H and O–H groups in total. The van der Waals surface area contributed by atoms with E-state index in [1.165, 1.54) is 33.4 Å². The molecule has 0 radical (unpaired) electrons. The Bertz CT molecular complexity index is 564. The molecule has 94 valence electrons. The zero-order valence-corrected chi connectivity index (χ0v) is 12.0. The summed E-state index contributed by atoms with van der Waals surface area (Å²) in [7, 11) is 0. The fraction of sp³-hybridized carbons (Fsp3) is 0.333. The molecule has 0 saturated heterocycles. The lowest BCUT2D eigenvalue weighted by molar-refractivity contribution is 0.903. The van der Waals surface area contributed by atoms with Crippen molar-refractivity contribution < 1.29 is 0 Å². The summed E-state index contributed by atoms with van der Waals surface area (Å²) in [6.07, 6.45) is 0. The van der Waals surface area contributed by atoms with Crippen LogP contribution in [0.3, 0.4) is 0 Å². The lowest BCUT2D eigenvalue weighted by atomic mass is 9.87. The molecule has 2 aromatic rings. The van der Waals surface area contributed by atoms with Crippen molar-refractivity contribution in [1.29, 1.82) is 0 Å². The van der Waals surface area contributed by atoms with Crippen molar-refractivity contribution >= 4 is 0 Å². The van der Waals surface area contributed by atoms with Crippen molar-refractivity contribution in [1.82, 2.24) is 0 Å². The number of hydrogen-bond acceptors (Lipinski definition) is 0. The molecule has 0 aliphatic heterocycles. The van der Waals surface area contributed by atoms with Crippen LogP contribution in [0.25, 0.3) is 0 Å². The molecule has 0 aliphatic rings. The Hall–Kier alpha value is -1.56. The molecule has 0 aromatic heterocycles. The van der Waals surface area contributed by atoms with E-state index in [0.717, 1.165) is 0 Å². The largest absolute Gasteiger partial charge is 0.0617 e. The predicted octanol–water partition coefficient (Wildman–Crippen LogP) is 5.07. The van der Waals surface area contributed by atoms with Crippen molar-refractivity contribution in [2.24, 2.45) is 0 Å². The second-order valence-electron chi connectivity index (χ2n) is 5.35. The van der Waals surface area contributed by atoms with Crippen LogP contribution >= 0.6 is 0 Å². The van der Waals surface area contributed by atoms with Crippen LogP contribution in [0.4, 0.5) is 0 Å². The molecule has 2 aromatic carbocycles. The molecule has 0 nitrogen and oxygen atoms in total. The van der Waals surface area contributed by atoms with Gasteiger partial charge in [-0.05, 0) is 61.1 Å². The maximum Gasteiger partial charge on any atom is 0.00638 e. The van der Waals surface area contributed by atoms with Crippen LogP contribution in [0.1, 0.15) is 46.2 Å². The standard InChI is InChI=1S/C18H22/c1-12-9-10-17(11-14(12)3)16(5)18-8-6-7-13(2)15(18)4/h6-11,16H,1-5H3. The Kier molecular flexibility index (Phi) is 3.56. The first-order chi connectivity index (χ1) is 8.50. The first-order valence-electron chi connectivity index (χ1n) is 6.64. The SMILES string of the molecule is Cc1ccc(C(C)c2cccc(C)c2C)cc1C. The molecule has 1 atom stereocenters. The molecular formula is C18H22. The van der Waals surface area contributed by atoms with Gasteiger partial charge in [0.1, 0.15) is 0 Å². The number of aryl methyl sites for hydroxylation is 3. The third-order valence-electron chi connectivity index (χ3n) is 4.14. The minimum Gasteiger partial charge on any atom is -0.0617 e. The minimum atomic E-state index is 0.462. The van der Waals surface area contributed by atoms with Crippen molar-refractivity contribution in [3.05, 3.63) is 69.8 Å². The van der Waals surface area contributed by atoms with E-state index in [4.69, 9.17) is 0 Å². The van der Waals surface area contributed by atoms with Gasteiger partial charge in [0.2, 0.25) is 0 Å². The lowest BCUT2D eigenvalue weighted by Crippen LogP contribution is -2.01. The maximum absolute atomic E-state index is 2.32. The summed E-state index contributed by atoms with van der Waals surface area (Å²) < 4.78 is 0. The third kappa shape index (κ3) is 2.33. The molecule has 0 bridgehead atoms. The Morgan fingerprint density at radius 1 is 0.778 bits per heavy atom. The maximum atomic E-state index is 2.32. The van der Waals surface area contributed by atoms with E-state index >= 15 is 0 Å². The van der Waals surface area contributed by atoms with Gasteiger partial charge in [0.15, 0.2) is 0 Å². The molecule has 0 amide bonds. The van der Waals surface area contributed by atoms with Crippen molar-refractivity contribution in [2.75, 3.05) is 0 Å². The van der Waals surface area contributed by atoms with Gasteiger partial charge in [-0.3, -0.25) is 0 Å². The molecule has 0 fully saturated rings. The fourth-order valence-corrected chi connectivity index (χ4v) is 2.46. The van der Waals surface area contributed by atoms with Gasteiger partial charge in [-0.25, -0.2) is 0 Å². The molecule has 0 aliphatic carbocycles. The van der Waals surface area contributed by atoms with Gasteiger partial charge >= 0.3 is 0 Å². The van der Waals surface area contributed by atoms with Gasteiger partial charge in [-0.1, -0.05) is 43.3 Å². The average molecular weight is 238 g/mol. The van der Waals surface area contributed by atoms with Crippen molar-refractivity contribution in [2.45, 2.75) is 40.5 Å². The average Bonchev–Trinajstić information content (AvgIpc) is 2.35. The number of rotatable bonds is 2. The van der Waals surface area contributed by atoms with Gasteiger partial charge in [-0.2, -0.15) is 0 Å². The van der Waals surface area contributed by atoms with E-state index in [1.54, 1.807) is 0 Å². The van der Waals surface area contributed by atoms with Gasteiger partial charge in [-0.15, -0.1) is 0 Å². The summed E-state index contributed by atoms with van der Waals surface area (Å²) in [5.41, 5.74) is 8.40. The van der Waals surface area contributed by atoms with Crippen LogP contribution in [0.5, 0.6) is 0 Å². The quantitative estimate of drug-likeness (QED) is 0.685. The summed E-state index contributed by atoms with van der Waals surface area (Å²) >= 11 is 0. The highest BCUT2D eigenvalue weighted by atomic mass is 14.2. The molecule has 0 saturated carbocycles. The molecule has 0 heteroatoms. The van der Waals surface area contributed by atoms with E-state index in [0.29, 0.717) is 5.92 Å². The summed E-state index contributed by atoms with van der Waals surface area (Å²) in [6, 6.07) is 13.4. The smallest absolute Gasteiger partial charge is 0.00638 e. The van der Waals surface area contributed by atoms with Crippen LogP contribution in [0, 0.1) is 27.7 Å². The second kappa shape index (κ2) is 4.97. The summed E-state index contributed by atoms with van der Waals surface area (Å²) in [5.74, 6) is 0.462. The lowest BCUT2D eigenvalue weighted by Gasteiger charge is -2.17. The zero-order chi connectivity index (χ0) is 13.3. The van der Waals surface area contributed by atoms with E-state index in [2.05, 4.69) is 71.0 Å². The summed E-state index contributed by atoms with van der Waals surface area (Å²) in [5, 5.41) is 0.